The van der Waals surface area contributed by atoms with E-state index in [1.807, 2.05) is 6.07 Å². The van der Waals surface area contributed by atoms with Gasteiger partial charge < -0.3 is 14.8 Å². The summed E-state index contributed by atoms with van der Waals surface area (Å²) in [5.41, 5.74) is 0.774. The first kappa shape index (κ1) is 15.8. The molecular weight excluding hydrogens is 335 g/mol. The molecule has 0 saturated carbocycles. The molecule has 7 heteroatoms. The third-order valence-electron chi connectivity index (χ3n) is 3.23. The van der Waals surface area contributed by atoms with Crippen molar-refractivity contribution in [2.45, 2.75) is 0 Å². The molecule has 0 spiro atoms. The van der Waals surface area contributed by atoms with E-state index in [1.165, 1.54) is 30.3 Å². The number of halogens is 2. The lowest BCUT2D eigenvalue weighted by molar-refractivity contribution is -0.112. The number of carbonyl (C=O) groups excluding carboxylic acids is 1. The number of ether oxygens (including phenoxy) is 2. The van der Waals surface area contributed by atoms with Crippen molar-refractivity contribution in [1.29, 1.82) is 5.26 Å². The minimum Gasteiger partial charge on any atom is -0.454 e. The van der Waals surface area contributed by atoms with Crippen molar-refractivity contribution in [3.05, 3.63) is 58.4 Å². The monoisotopic (exact) mass is 344 g/mol. The topological polar surface area (TPSA) is 71.3 Å². The second-order valence-corrected chi connectivity index (χ2v) is 5.27. The zero-order chi connectivity index (χ0) is 17.1. The Bertz CT molecular complexity index is 873. The van der Waals surface area contributed by atoms with E-state index in [0.717, 1.165) is 0 Å². The highest BCUT2D eigenvalue weighted by molar-refractivity contribution is 6.32. The van der Waals surface area contributed by atoms with Gasteiger partial charge in [0, 0.05) is 5.69 Å². The van der Waals surface area contributed by atoms with Gasteiger partial charge in [-0.2, -0.15) is 5.26 Å². The third kappa shape index (κ3) is 3.31. The predicted molar refractivity (Wildman–Crippen MR) is 86.2 cm³/mol. The first-order valence-corrected chi connectivity index (χ1v) is 7.22. The van der Waals surface area contributed by atoms with Crippen LogP contribution in [0.2, 0.25) is 5.02 Å². The van der Waals surface area contributed by atoms with Crippen molar-refractivity contribution < 1.29 is 18.7 Å². The molecule has 1 heterocycles. The third-order valence-corrected chi connectivity index (χ3v) is 3.51. The summed E-state index contributed by atoms with van der Waals surface area (Å²) in [6, 6.07) is 10.2. The van der Waals surface area contributed by atoms with Crippen LogP contribution in [-0.4, -0.2) is 12.7 Å². The maximum Gasteiger partial charge on any atom is 0.266 e. The SMILES string of the molecule is N#C/C(=C\c1cc(Cl)c2c(c1)OCO2)C(=O)Nc1ccc(F)cc1. The highest BCUT2D eigenvalue weighted by atomic mass is 35.5. The summed E-state index contributed by atoms with van der Waals surface area (Å²) in [6.45, 7) is 0.0678. The van der Waals surface area contributed by atoms with E-state index in [-0.39, 0.29) is 12.4 Å². The number of amides is 1. The van der Waals surface area contributed by atoms with E-state index in [1.54, 1.807) is 12.1 Å². The molecule has 0 aliphatic carbocycles. The van der Waals surface area contributed by atoms with Crippen LogP contribution >= 0.6 is 11.6 Å². The van der Waals surface area contributed by atoms with Gasteiger partial charge in [-0.15, -0.1) is 0 Å². The molecule has 2 aromatic rings. The number of nitrogens with zero attached hydrogens (tertiary/aromatic N) is 1. The second-order valence-electron chi connectivity index (χ2n) is 4.87. The molecule has 3 rings (SSSR count). The van der Waals surface area contributed by atoms with Crippen LogP contribution in [0.25, 0.3) is 6.08 Å². The Morgan fingerprint density at radius 2 is 2.04 bits per heavy atom. The van der Waals surface area contributed by atoms with Crippen molar-refractivity contribution in [2.24, 2.45) is 0 Å². The largest absolute Gasteiger partial charge is 0.454 e. The van der Waals surface area contributed by atoms with Gasteiger partial charge in [0.25, 0.3) is 5.91 Å². The molecule has 0 radical (unpaired) electrons. The number of rotatable bonds is 3. The number of hydrogen-bond donors (Lipinski definition) is 1. The summed E-state index contributed by atoms with van der Waals surface area (Å²) in [5.74, 6) is -0.148. The zero-order valence-electron chi connectivity index (χ0n) is 12.2. The molecule has 0 bridgehead atoms. The standard InChI is InChI=1S/C17H10ClFN2O3/c18-14-6-10(7-15-16(14)24-9-23-15)5-11(8-20)17(22)21-13-3-1-12(19)2-4-13/h1-7H,9H2,(H,21,22)/b11-5+. The van der Waals surface area contributed by atoms with Crippen LogP contribution in [-0.2, 0) is 4.79 Å². The molecule has 0 saturated heterocycles. The van der Waals surface area contributed by atoms with E-state index < -0.39 is 11.7 Å². The Kier molecular flexibility index (Phi) is 4.36. The van der Waals surface area contributed by atoms with Crippen LogP contribution in [0.4, 0.5) is 10.1 Å². The van der Waals surface area contributed by atoms with Gasteiger partial charge in [-0.1, -0.05) is 11.6 Å². The fraction of sp³-hybridized carbons (Fsp3) is 0.0588. The molecule has 0 aromatic heterocycles. The molecular formula is C17H10ClFN2O3. The van der Waals surface area contributed by atoms with Gasteiger partial charge in [-0.3, -0.25) is 4.79 Å². The van der Waals surface area contributed by atoms with Gasteiger partial charge in [0.05, 0.1) is 5.02 Å². The smallest absolute Gasteiger partial charge is 0.266 e. The van der Waals surface area contributed by atoms with Crippen molar-refractivity contribution >= 4 is 29.3 Å². The van der Waals surface area contributed by atoms with Gasteiger partial charge in [-0.25, -0.2) is 4.39 Å². The van der Waals surface area contributed by atoms with Crippen molar-refractivity contribution in [3.8, 4) is 17.6 Å². The van der Waals surface area contributed by atoms with Crippen molar-refractivity contribution in [2.75, 3.05) is 12.1 Å². The van der Waals surface area contributed by atoms with Crippen molar-refractivity contribution in [3.63, 3.8) is 0 Å². The average Bonchev–Trinajstić information content (AvgIpc) is 3.03. The molecule has 0 fully saturated rings. The highest BCUT2D eigenvalue weighted by Crippen LogP contribution is 2.40. The van der Waals surface area contributed by atoms with Crippen LogP contribution < -0.4 is 14.8 Å². The van der Waals surface area contributed by atoms with Crippen LogP contribution in [0.15, 0.2) is 42.0 Å². The molecule has 1 aliphatic heterocycles. The Labute approximate surface area is 141 Å². The van der Waals surface area contributed by atoms with Gasteiger partial charge in [0.1, 0.15) is 17.5 Å². The fourth-order valence-electron chi connectivity index (χ4n) is 2.12. The van der Waals surface area contributed by atoms with E-state index >= 15 is 0 Å². The number of benzene rings is 2. The minimum atomic E-state index is -0.613. The van der Waals surface area contributed by atoms with Crippen LogP contribution in [0.5, 0.6) is 11.5 Å². The summed E-state index contributed by atoms with van der Waals surface area (Å²) in [5, 5.41) is 12.1. The van der Waals surface area contributed by atoms with E-state index in [0.29, 0.717) is 27.8 Å². The zero-order valence-corrected chi connectivity index (χ0v) is 12.9. The maximum atomic E-state index is 12.9. The molecule has 1 aliphatic rings. The molecule has 0 atom stereocenters. The highest BCUT2D eigenvalue weighted by Gasteiger charge is 2.18. The van der Waals surface area contributed by atoms with Gasteiger partial charge in [-0.05, 0) is 48.0 Å². The summed E-state index contributed by atoms with van der Waals surface area (Å²) in [6.07, 6.45) is 1.38. The summed E-state index contributed by atoms with van der Waals surface area (Å²) in [4.78, 5) is 12.2. The molecule has 24 heavy (non-hydrogen) atoms. The first-order chi connectivity index (χ1) is 11.6. The van der Waals surface area contributed by atoms with Crippen LogP contribution in [0.1, 0.15) is 5.56 Å². The molecule has 5 nitrogen and oxygen atoms in total. The Balaban J connectivity index is 1.84. The lowest BCUT2D eigenvalue weighted by Gasteiger charge is -2.05. The Morgan fingerprint density at radius 1 is 1.29 bits per heavy atom. The summed E-state index contributed by atoms with van der Waals surface area (Å²) >= 11 is 6.07. The molecule has 2 aromatic carbocycles. The number of nitriles is 1. The maximum absolute atomic E-state index is 12.9. The molecule has 120 valence electrons. The number of fused-ring (bicyclic) bond motifs is 1. The second kappa shape index (κ2) is 6.60. The van der Waals surface area contributed by atoms with Crippen LogP contribution in [0.3, 0.4) is 0 Å². The Hall–Kier alpha value is -3.04. The number of nitrogens with one attached hydrogen (secondary N) is 1. The summed E-state index contributed by atoms with van der Waals surface area (Å²) in [7, 11) is 0. The molecule has 1 amide bonds. The number of hydrogen-bond acceptors (Lipinski definition) is 4. The molecule has 1 N–H and O–H groups in total. The summed E-state index contributed by atoms with van der Waals surface area (Å²) < 4.78 is 23.3. The lowest BCUT2D eigenvalue weighted by Crippen LogP contribution is -2.13. The van der Waals surface area contributed by atoms with E-state index in [2.05, 4.69) is 5.32 Å². The first-order valence-electron chi connectivity index (χ1n) is 6.84. The van der Waals surface area contributed by atoms with Gasteiger partial charge in [0.2, 0.25) is 6.79 Å². The fourth-order valence-corrected chi connectivity index (χ4v) is 2.39. The normalized spacial score (nSPS) is 12.6. The number of anilines is 1. The quantitative estimate of drug-likeness (QED) is 0.680. The molecule has 0 unspecified atom stereocenters. The Morgan fingerprint density at radius 3 is 2.75 bits per heavy atom. The van der Waals surface area contributed by atoms with E-state index in [4.69, 9.17) is 21.1 Å². The van der Waals surface area contributed by atoms with Crippen LogP contribution in [0, 0.1) is 17.1 Å². The van der Waals surface area contributed by atoms with E-state index in [9.17, 15) is 14.4 Å². The van der Waals surface area contributed by atoms with Gasteiger partial charge in [0.15, 0.2) is 11.5 Å². The average molecular weight is 345 g/mol. The minimum absolute atomic E-state index is 0.0678. The number of carbonyl (C=O) groups is 1. The van der Waals surface area contributed by atoms with Crippen molar-refractivity contribution in [1.82, 2.24) is 0 Å². The lowest BCUT2D eigenvalue weighted by atomic mass is 10.1. The van der Waals surface area contributed by atoms with Gasteiger partial charge >= 0.3 is 0 Å². The predicted octanol–water partition coefficient (Wildman–Crippen LogP) is 3.75.